The van der Waals surface area contributed by atoms with E-state index in [0.29, 0.717) is 23.9 Å². The Hall–Kier alpha value is -2.04. The zero-order chi connectivity index (χ0) is 18.1. The Labute approximate surface area is 150 Å². The summed E-state index contributed by atoms with van der Waals surface area (Å²) in [4.78, 5) is 6.37. The van der Waals surface area contributed by atoms with Gasteiger partial charge in [0.05, 0.1) is 6.61 Å². The van der Waals surface area contributed by atoms with Crippen molar-refractivity contribution in [2.24, 2.45) is 16.6 Å². The summed E-state index contributed by atoms with van der Waals surface area (Å²) in [5.41, 5.74) is 6.62. The van der Waals surface area contributed by atoms with E-state index in [1.54, 1.807) is 19.2 Å². The van der Waals surface area contributed by atoms with Gasteiger partial charge >= 0.3 is 0 Å². The van der Waals surface area contributed by atoms with Gasteiger partial charge in [0, 0.05) is 25.4 Å². The van der Waals surface area contributed by atoms with E-state index in [1.807, 2.05) is 19.1 Å². The molecule has 5 heteroatoms. The standard InChI is InChI=1S/C20H30FN3O/c1-3-11-23-20(22)24-12-9-17(10-13-24)6-4-5-14-25-18-8-7-16(2)19(21)15-18/h3,7-8,11,15,17H,4-6,9-10,12-14H2,1-2H3,(H2,22,23)/b11-3-. The molecule has 1 aliphatic rings. The molecule has 1 heterocycles. The number of piperidine rings is 1. The van der Waals surface area contributed by atoms with Crippen molar-refractivity contribution in [2.45, 2.75) is 46.0 Å². The van der Waals surface area contributed by atoms with E-state index >= 15 is 0 Å². The first-order valence-electron chi connectivity index (χ1n) is 9.18. The van der Waals surface area contributed by atoms with Crippen molar-refractivity contribution in [3.8, 4) is 5.75 Å². The minimum absolute atomic E-state index is 0.207. The average Bonchev–Trinajstić information content (AvgIpc) is 2.63. The normalized spacial score (nSPS) is 16.6. The maximum atomic E-state index is 13.4. The third-order valence-corrected chi connectivity index (χ3v) is 4.71. The SMILES string of the molecule is C/C=C\N=C(N)N1CCC(CCCCOc2ccc(C)c(F)c2)CC1. The molecule has 0 spiro atoms. The number of ether oxygens (including phenoxy) is 1. The average molecular weight is 347 g/mol. The summed E-state index contributed by atoms with van der Waals surface area (Å²) < 4.78 is 19.1. The van der Waals surface area contributed by atoms with Crippen molar-refractivity contribution in [1.82, 2.24) is 4.90 Å². The summed E-state index contributed by atoms with van der Waals surface area (Å²) in [5.74, 6) is 1.78. The van der Waals surface area contributed by atoms with Gasteiger partial charge in [0.2, 0.25) is 0 Å². The molecule has 0 aromatic heterocycles. The van der Waals surface area contributed by atoms with E-state index in [-0.39, 0.29) is 5.82 Å². The molecular formula is C20H30FN3O. The van der Waals surface area contributed by atoms with Crippen LogP contribution in [0, 0.1) is 18.7 Å². The monoisotopic (exact) mass is 347 g/mol. The van der Waals surface area contributed by atoms with Gasteiger partial charge in [0.1, 0.15) is 11.6 Å². The van der Waals surface area contributed by atoms with Gasteiger partial charge in [-0.15, -0.1) is 0 Å². The topological polar surface area (TPSA) is 50.8 Å². The van der Waals surface area contributed by atoms with E-state index in [0.717, 1.165) is 44.7 Å². The summed E-state index contributed by atoms with van der Waals surface area (Å²) in [6.07, 6.45) is 9.30. The first-order chi connectivity index (χ1) is 12.1. The van der Waals surface area contributed by atoms with Crippen molar-refractivity contribution >= 4 is 5.96 Å². The summed E-state index contributed by atoms with van der Waals surface area (Å²) in [7, 11) is 0. The fraction of sp³-hybridized carbons (Fsp3) is 0.550. The lowest BCUT2D eigenvalue weighted by molar-refractivity contribution is 0.241. The molecule has 2 N–H and O–H groups in total. The fourth-order valence-corrected chi connectivity index (χ4v) is 3.07. The number of nitrogens with zero attached hydrogens (tertiary/aromatic N) is 2. The highest BCUT2D eigenvalue weighted by Crippen LogP contribution is 2.23. The largest absolute Gasteiger partial charge is 0.493 e. The fourth-order valence-electron chi connectivity index (χ4n) is 3.07. The highest BCUT2D eigenvalue weighted by molar-refractivity contribution is 5.78. The molecule has 4 nitrogen and oxygen atoms in total. The van der Waals surface area contributed by atoms with Crippen molar-refractivity contribution in [3.05, 3.63) is 41.9 Å². The maximum absolute atomic E-state index is 13.4. The maximum Gasteiger partial charge on any atom is 0.195 e. The summed E-state index contributed by atoms with van der Waals surface area (Å²) in [6.45, 7) is 6.30. The molecule has 1 fully saturated rings. The van der Waals surface area contributed by atoms with Crippen LogP contribution in [0.3, 0.4) is 0 Å². The zero-order valence-electron chi connectivity index (χ0n) is 15.4. The lowest BCUT2D eigenvalue weighted by atomic mass is 9.92. The highest BCUT2D eigenvalue weighted by Gasteiger charge is 2.19. The number of aryl methyl sites for hydroxylation is 1. The molecule has 0 amide bonds. The summed E-state index contributed by atoms with van der Waals surface area (Å²) >= 11 is 0. The smallest absolute Gasteiger partial charge is 0.195 e. The van der Waals surface area contributed by atoms with Crippen LogP contribution in [0.25, 0.3) is 0 Å². The molecule has 0 bridgehead atoms. The first kappa shape index (κ1) is 19.3. The van der Waals surface area contributed by atoms with Crippen molar-refractivity contribution in [3.63, 3.8) is 0 Å². The number of hydrogen-bond acceptors (Lipinski definition) is 2. The molecule has 0 radical (unpaired) electrons. The van der Waals surface area contributed by atoms with Gasteiger partial charge in [-0.3, -0.25) is 0 Å². The van der Waals surface area contributed by atoms with Crippen LogP contribution in [0.5, 0.6) is 5.75 Å². The number of guanidine groups is 1. The van der Waals surface area contributed by atoms with E-state index in [1.165, 1.54) is 12.5 Å². The quantitative estimate of drug-likeness (QED) is 0.456. The zero-order valence-corrected chi connectivity index (χ0v) is 15.4. The summed E-state index contributed by atoms with van der Waals surface area (Å²) in [6, 6.07) is 5.04. The third kappa shape index (κ3) is 6.40. The van der Waals surface area contributed by atoms with Crippen molar-refractivity contribution in [1.29, 1.82) is 0 Å². The molecule has 0 unspecified atom stereocenters. The van der Waals surface area contributed by atoms with Gasteiger partial charge in [0.15, 0.2) is 5.96 Å². The van der Waals surface area contributed by atoms with Crippen molar-refractivity contribution < 1.29 is 9.13 Å². The predicted molar refractivity (Wildman–Crippen MR) is 101 cm³/mol. The number of benzene rings is 1. The Morgan fingerprint density at radius 2 is 2.12 bits per heavy atom. The minimum Gasteiger partial charge on any atom is -0.493 e. The number of unbranched alkanes of at least 4 members (excludes halogenated alkanes) is 1. The van der Waals surface area contributed by atoms with Crippen LogP contribution < -0.4 is 10.5 Å². The molecule has 1 aromatic rings. The molecule has 0 atom stereocenters. The van der Waals surface area contributed by atoms with Gasteiger partial charge < -0.3 is 15.4 Å². The predicted octanol–water partition coefficient (Wildman–Crippen LogP) is 4.24. The van der Waals surface area contributed by atoms with Crippen LogP contribution in [-0.4, -0.2) is 30.6 Å². The molecule has 138 valence electrons. The Bertz CT molecular complexity index is 593. The molecule has 25 heavy (non-hydrogen) atoms. The number of allylic oxidation sites excluding steroid dienone is 1. The van der Waals surface area contributed by atoms with Crippen LogP contribution >= 0.6 is 0 Å². The number of likely N-dealkylation sites (tertiary alicyclic amines) is 1. The molecule has 2 rings (SSSR count). The lowest BCUT2D eigenvalue weighted by Crippen LogP contribution is -2.42. The molecule has 1 aromatic carbocycles. The van der Waals surface area contributed by atoms with E-state index < -0.39 is 0 Å². The van der Waals surface area contributed by atoms with Gasteiger partial charge in [-0.1, -0.05) is 18.6 Å². The lowest BCUT2D eigenvalue weighted by Gasteiger charge is -2.32. The Morgan fingerprint density at radius 3 is 2.80 bits per heavy atom. The third-order valence-electron chi connectivity index (χ3n) is 4.71. The molecule has 0 saturated carbocycles. The Balaban J connectivity index is 1.59. The van der Waals surface area contributed by atoms with Crippen LogP contribution in [0.2, 0.25) is 0 Å². The van der Waals surface area contributed by atoms with Crippen LogP contribution in [0.1, 0.15) is 44.6 Å². The van der Waals surface area contributed by atoms with Gasteiger partial charge in [-0.05, 0) is 57.1 Å². The van der Waals surface area contributed by atoms with Gasteiger partial charge in [-0.25, -0.2) is 9.38 Å². The molecular weight excluding hydrogens is 317 g/mol. The number of hydrogen-bond donors (Lipinski definition) is 1. The second kappa shape index (κ2) is 10.1. The highest BCUT2D eigenvalue weighted by atomic mass is 19.1. The first-order valence-corrected chi connectivity index (χ1v) is 9.18. The number of nitrogens with two attached hydrogens (primary N) is 1. The second-order valence-electron chi connectivity index (χ2n) is 6.66. The number of rotatable bonds is 7. The van der Waals surface area contributed by atoms with Crippen LogP contribution in [-0.2, 0) is 0 Å². The Kier molecular flexibility index (Phi) is 7.76. The van der Waals surface area contributed by atoms with Crippen LogP contribution in [0.15, 0.2) is 35.5 Å². The number of halogens is 1. The van der Waals surface area contributed by atoms with Gasteiger partial charge in [-0.2, -0.15) is 0 Å². The van der Waals surface area contributed by atoms with E-state index in [2.05, 4.69) is 9.89 Å². The molecule has 0 aliphatic carbocycles. The second-order valence-corrected chi connectivity index (χ2v) is 6.66. The van der Waals surface area contributed by atoms with E-state index in [4.69, 9.17) is 10.5 Å². The van der Waals surface area contributed by atoms with Gasteiger partial charge in [0.25, 0.3) is 0 Å². The summed E-state index contributed by atoms with van der Waals surface area (Å²) in [5, 5.41) is 0. The minimum atomic E-state index is -0.207. The van der Waals surface area contributed by atoms with Crippen LogP contribution in [0.4, 0.5) is 4.39 Å². The molecule has 1 aliphatic heterocycles. The Morgan fingerprint density at radius 1 is 1.36 bits per heavy atom. The van der Waals surface area contributed by atoms with E-state index in [9.17, 15) is 4.39 Å². The number of aliphatic imine (C=N–C) groups is 1. The molecule has 1 saturated heterocycles. The van der Waals surface area contributed by atoms with Crippen molar-refractivity contribution in [2.75, 3.05) is 19.7 Å².